The van der Waals surface area contributed by atoms with E-state index in [0.717, 1.165) is 25.7 Å². The predicted molar refractivity (Wildman–Crippen MR) is 64.7 cm³/mol. The summed E-state index contributed by atoms with van der Waals surface area (Å²) < 4.78 is 0. The molecule has 0 spiro atoms. The summed E-state index contributed by atoms with van der Waals surface area (Å²) in [5.74, 6) is -0.221. The molecular formula is C13H15N3O2. The zero-order valence-electron chi connectivity index (χ0n) is 9.97. The molecule has 5 heteroatoms. The molecular weight excluding hydrogens is 230 g/mol. The maximum atomic E-state index is 11.9. The first-order valence-corrected chi connectivity index (χ1v) is 6.04. The topological polar surface area (TPSA) is 86.0 Å². The quantitative estimate of drug-likeness (QED) is 0.813. The molecule has 1 saturated carbocycles. The lowest BCUT2D eigenvalue weighted by Gasteiger charge is -2.25. The first-order chi connectivity index (χ1) is 8.69. The van der Waals surface area contributed by atoms with Crippen molar-refractivity contribution in [3.05, 3.63) is 29.6 Å². The van der Waals surface area contributed by atoms with Crippen LogP contribution >= 0.6 is 0 Å². The highest BCUT2D eigenvalue weighted by Crippen LogP contribution is 2.18. The molecule has 1 fully saturated rings. The Labute approximate surface area is 105 Å². The molecule has 0 atom stereocenters. The Balaban J connectivity index is 1.93. The number of hydrogen-bond acceptors (Lipinski definition) is 4. The summed E-state index contributed by atoms with van der Waals surface area (Å²) in [5.41, 5.74) is 0.757. The van der Waals surface area contributed by atoms with Gasteiger partial charge in [0.25, 0.3) is 5.91 Å². The fourth-order valence-corrected chi connectivity index (χ4v) is 2.07. The van der Waals surface area contributed by atoms with Crippen LogP contribution in [-0.2, 0) is 0 Å². The molecule has 0 unspecified atom stereocenters. The van der Waals surface area contributed by atoms with E-state index in [9.17, 15) is 9.90 Å². The largest absolute Gasteiger partial charge is 0.393 e. The number of carbonyl (C=O) groups excluding carboxylic acids is 1. The smallest absolute Gasteiger partial charge is 0.270 e. The summed E-state index contributed by atoms with van der Waals surface area (Å²) in [5, 5.41) is 20.9. The van der Waals surface area contributed by atoms with Crippen molar-refractivity contribution in [1.82, 2.24) is 10.3 Å². The first-order valence-electron chi connectivity index (χ1n) is 6.04. The second-order valence-electron chi connectivity index (χ2n) is 4.52. The molecule has 2 rings (SSSR count). The van der Waals surface area contributed by atoms with Gasteiger partial charge in [0.1, 0.15) is 11.8 Å². The van der Waals surface area contributed by atoms with Gasteiger partial charge in [0, 0.05) is 12.2 Å². The maximum Gasteiger partial charge on any atom is 0.270 e. The zero-order chi connectivity index (χ0) is 13.0. The van der Waals surface area contributed by atoms with Gasteiger partial charge in [0.2, 0.25) is 0 Å². The number of nitrogens with zero attached hydrogens (tertiary/aromatic N) is 2. The SMILES string of the molecule is N#Cc1ccc(C(=O)NC2CCC(O)CC2)nc1. The van der Waals surface area contributed by atoms with Crippen LogP contribution in [0.1, 0.15) is 41.7 Å². The average molecular weight is 245 g/mol. The molecule has 0 aromatic carbocycles. The minimum absolute atomic E-state index is 0.110. The van der Waals surface area contributed by atoms with E-state index < -0.39 is 0 Å². The lowest BCUT2D eigenvalue weighted by Crippen LogP contribution is -2.38. The Morgan fingerprint density at radius 1 is 1.39 bits per heavy atom. The van der Waals surface area contributed by atoms with Crippen LogP contribution in [0.2, 0.25) is 0 Å². The van der Waals surface area contributed by atoms with E-state index in [-0.39, 0.29) is 18.1 Å². The average Bonchev–Trinajstić information content (AvgIpc) is 2.41. The first kappa shape index (κ1) is 12.5. The molecule has 1 amide bonds. The van der Waals surface area contributed by atoms with E-state index in [1.54, 1.807) is 12.1 Å². The number of nitriles is 1. The monoisotopic (exact) mass is 245 g/mol. The second kappa shape index (κ2) is 5.61. The molecule has 18 heavy (non-hydrogen) atoms. The lowest BCUT2D eigenvalue weighted by atomic mass is 9.93. The van der Waals surface area contributed by atoms with Crippen LogP contribution < -0.4 is 5.32 Å². The number of pyridine rings is 1. The molecule has 0 aliphatic heterocycles. The second-order valence-corrected chi connectivity index (χ2v) is 4.52. The van der Waals surface area contributed by atoms with Crippen LogP contribution in [0.5, 0.6) is 0 Å². The normalized spacial score (nSPS) is 23.1. The minimum atomic E-state index is -0.230. The fourth-order valence-electron chi connectivity index (χ4n) is 2.07. The lowest BCUT2D eigenvalue weighted by molar-refractivity contribution is 0.0863. The number of hydrogen-bond donors (Lipinski definition) is 2. The Morgan fingerprint density at radius 3 is 2.67 bits per heavy atom. The summed E-state index contributed by atoms with van der Waals surface area (Å²) in [6, 6.07) is 5.19. The summed E-state index contributed by atoms with van der Waals surface area (Å²) in [4.78, 5) is 15.8. The van der Waals surface area contributed by atoms with Gasteiger partial charge in [-0.1, -0.05) is 0 Å². The Kier molecular flexibility index (Phi) is 3.90. The molecule has 2 N–H and O–H groups in total. The van der Waals surface area contributed by atoms with Gasteiger partial charge in [0.15, 0.2) is 0 Å². The molecule has 1 aliphatic carbocycles. The van der Waals surface area contributed by atoms with Crippen molar-refractivity contribution in [3.63, 3.8) is 0 Å². The van der Waals surface area contributed by atoms with Gasteiger partial charge in [0.05, 0.1) is 11.7 Å². The Hall–Kier alpha value is -1.93. The number of nitrogens with one attached hydrogen (secondary N) is 1. The molecule has 1 aromatic rings. The molecule has 5 nitrogen and oxygen atoms in total. The maximum absolute atomic E-state index is 11.9. The van der Waals surface area contributed by atoms with Gasteiger partial charge in [-0.2, -0.15) is 5.26 Å². The van der Waals surface area contributed by atoms with Gasteiger partial charge in [-0.25, -0.2) is 4.98 Å². The summed E-state index contributed by atoms with van der Waals surface area (Å²) in [6.45, 7) is 0. The van der Waals surface area contributed by atoms with Crippen molar-refractivity contribution in [2.45, 2.75) is 37.8 Å². The third-order valence-corrected chi connectivity index (χ3v) is 3.16. The van der Waals surface area contributed by atoms with Crippen LogP contribution in [-0.4, -0.2) is 28.1 Å². The number of rotatable bonds is 2. The molecule has 0 radical (unpaired) electrons. The van der Waals surface area contributed by atoms with E-state index in [2.05, 4.69) is 10.3 Å². The molecule has 94 valence electrons. The molecule has 1 aliphatic rings. The standard InChI is InChI=1S/C13H15N3O2/c14-7-9-1-6-12(15-8-9)13(18)16-10-2-4-11(17)5-3-10/h1,6,8,10-11,17H,2-5H2,(H,16,18). The van der Waals surface area contributed by atoms with Crippen molar-refractivity contribution in [2.24, 2.45) is 0 Å². The highest BCUT2D eigenvalue weighted by molar-refractivity contribution is 5.92. The van der Waals surface area contributed by atoms with Crippen LogP contribution in [0.15, 0.2) is 18.3 Å². The number of aliphatic hydroxyl groups is 1. The number of aromatic nitrogens is 1. The van der Waals surface area contributed by atoms with E-state index in [1.165, 1.54) is 6.20 Å². The molecule has 1 aromatic heterocycles. The summed E-state index contributed by atoms with van der Waals surface area (Å²) in [6.07, 6.45) is 4.20. The van der Waals surface area contributed by atoms with Crippen molar-refractivity contribution >= 4 is 5.91 Å². The molecule has 0 saturated heterocycles. The summed E-state index contributed by atoms with van der Waals surface area (Å²) in [7, 11) is 0. The van der Waals surface area contributed by atoms with E-state index in [4.69, 9.17) is 5.26 Å². The van der Waals surface area contributed by atoms with E-state index in [1.807, 2.05) is 6.07 Å². The Bertz CT molecular complexity index is 456. The fraction of sp³-hybridized carbons (Fsp3) is 0.462. The van der Waals surface area contributed by atoms with Gasteiger partial charge in [-0.3, -0.25) is 4.79 Å². The van der Waals surface area contributed by atoms with Crippen molar-refractivity contribution in [2.75, 3.05) is 0 Å². The van der Waals surface area contributed by atoms with Crippen molar-refractivity contribution < 1.29 is 9.90 Å². The number of amides is 1. The van der Waals surface area contributed by atoms with E-state index >= 15 is 0 Å². The predicted octanol–water partition coefficient (Wildman–Crippen LogP) is 0.987. The van der Waals surface area contributed by atoms with Gasteiger partial charge in [-0.15, -0.1) is 0 Å². The van der Waals surface area contributed by atoms with Crippen LogP contribution in [0, 0.1) is 11.3 Å². The number of aliphatic hydroxyl groups excluding tert-OH is 1. The van der Waals surface area contributed by atoms with E-state index in [0.29, 0.717) is 11.3 Å². The molecule has 0 bridgehead atoms. The molecule has 1 heterocycles. The third-order valence-electron chi connectivity index (χ3n) is 3.16. The van der Waals surface area contributed by atoms with Gasteiger partial charge < -0.3 is 10.4 Å². The Morgan fingerprint density at radius 2 is 2.11 bits per heavy atom. The summed E-state index contributed by atoms with van der Waals surface area (Å²) >= 11 is 0. The van der Waals surface area contributed by atoms with Crippen LogP contribution in [0.4, 0.5) is 0 Å². The highest BCUT2D eigenvalue weighted by atomic mass is 16.3. The highest BCUT2D eigenvalue weighted by Gasteiger charge is 2.21. The van der Waals surface area contributed by atoms with Gasteiger partial charge >= 0.3 is 0 Å². The van der Waals surface area contributed by atoms with Crippen LogP contribution in [0.25, 0.3) is 0 Å². The van der Waals surface area contributed by atoms with Gasteiger partial charge in [-0.05, 0) is 37.8 Å². The van der Waals surface area contributed by atoms with Crippen molar-refractivity contribution in [3.8, 4) is 6.07 Å². The zero-order valence-corrected chi connectivity index (χ0v) is 9.97. The van der Waals surface area contributed by atoms with Crippen LogP contribution in [0.3, 0.4) is 0 Å². The third kappa shape index (κ3) is 3.05. The van der Waals surface area contributed by atoms with Crippen molar-refractivity contribution in [1.29, 1.82) is 5.26 Å². The minimum Gasteiger partial charge on any atom is -0.393 e. The number of carbonyl (C=O) groups is 1.